The largest absolute Gasteiger partial charge is 0.432 e. The number of hydrogen-bond acceptors (Lipinski definition) is 5. The number of anilines is 3. The molecule has 0 unspecified atom stereocenters. The van der Waals surface area contributed by atoms with E-state index in [-0.39, 0.29) is 29.9 Å². The standard InChI is InChI=1S/C32H35BrN2O5Si/c1-20-30(41(2,3)39)28(15-16-36)40-32(20)25-18-23(33)12-13-27(25)34(31(32)38)19-21-7-6-9-24(17-21)35-26-10-5-4-8-22(26)11-14-29(35)37/h4-10,12-13,17-18,20,28,30,36,39H,11,14-16,19H2,1-3H3/t20-,28+,30-,32+/m0/s1. The fourth-order valence-electron chi connectivity index (χ4n) is 7.29. The van der Waals surface area contributed by atoms with E-state index in [0.29, 0.717) is 19.4 Å². The van der Waals surface area contributed by atoms with Gasteiger partial charge < -0.3 is 19.5 Å². The van der Waals surface area contributed by atoms with E-state index in [2.05, 4.69) is 22.0 Å². The predicted octanol–water partition coefficient (Wildman–Crippen LogP) is 5.79. The molecule has 0 radical (unpaired) electrons. The molecule has 0 aliphatic carbocycles. The van der Waals surface area contributed by atoms with Crippen LogP contribution < -0.4 is 9.80 Å². The van der Waals surface area contributed by atoms with Gasteiger partial charge in [-0.3, -0.25) is 14.5 Å². The van der Waals surface area contributed by atoms with E-state index < -0.39 is 20.0 Å². The highest BCUT2D eigenvalue weighted by atomic mass is 79.9. The SMILES string of the molecule is C[C@H]1[C@H]([Si](C)(C)O)[C@@H](CCO)O[C@]12C(=O)N(Cc1cccc(N3C(=O)CCc4ccccc43)c1)c1ccc(Br)cc12. The average molecular weight is 636 g/mol. The Balaban J connectivity index is 1.39. The second-order valence-electron chi connectivity index (χ2n) is 12.0. The third-order valence-corrected chi connectivity index (χ3v) is 12.0. The zero-order chi connectivity index (χ0) is 29.1. The van der Waals surface area contributed by atoms with Crippen LogP contribution in [-0.2, 0) is 32.9 Å². The third-order valence-electron chi connectivity index (χ3n) is 8.96. The molecule has 6 rings (SSSR count). The van der Waals surface area contributed by atoms with Crippen molar-refractivity contribution in [3.05, 3.63) is 87.9 Å². The molecule has 214 valence electrons. The van der Waals surface area contributed by atoms with Gasteiger partial charge in [0.15, 0.2) is 13.9 Å². The number of nitrogens with zero attached hydrogens (tertiary/aromatic N) is 2. The lowest BCUT2D eigenvalue weighted by molar-refractivity contribution is -0.146. The summed E-state index contributed by atoms with van der Waals surface area (Å²) in [6, 6.07) is 21.6. The van der Waals surface area contributed by atoms with E-state index in [1.165, 1.54) is 0 Å². The summed E-state index contributed by atoms with van der Waals surface area (Å²) in [6.45, 7) is 5.98. The molecular weight excluding hydrogens is 600 g/mol. The van der Waals surface area contributed by atoms with Crippen LogP contribution in [0.1, 0.15) is 36.5 Å². The molecule has 3 aliphatic heterocycles. The van der Waals surface area contributed by atoms with Crippen molar-refractivity contribution in [3.63, 3.8) is 0 Å². The summed E-state index contributed by atoms with van der Waals surface area (Å²) in [7, 11) is -2.76. The van der Waals surface area contributed by atoms with Crippen molar-refractivity contribution in [1.29, 1.82) is 0 Å². The van der Waals surface area contributed by atoms with Gasteiger partial charge in [-0.15, -0.1) is 0 Å². The molecule has 1 fully saturated rings. The Morgan fingerprint density at radius 1 is 1.02 bits per heavy atom. The van der Waals surface area contributed by atoms with Crippen LogP contribution in [0.2, 0.25) is 18.6 Å². The van der Waals surface area contributed by atoms with Crippen molar-refractivity contribution >= 4 is 53.1 Å². The van der Waals surface area contributed by atoms with E-state index in [9.17, 15) is 19.5 Å². The van der Waals surface area contributed by atoms with Gasteiger partial charge in [-0.05, 0) is 73.5 Å². The number of ether oxygens (including phenoxy) is 1. The zero-order valence-corrected chi connectivity index (χ0v) is 26.1. The van der Waals surface area contributed by atoms with Gasteiger partial charge in [0.1, 0.15) is 0 Å². The first kappa shape index (κ1) is 28.3. The average Bonchev–Trinajstić information content (AvgIpc) is 3.35. The number of fused-ring (bicyclic) bond motifs is 3. The Hall–Kier alpha value is -2.82. The molecule has 9 heteroatoms. The highest BCUT2D eigenvalue weighted by molar-refractivity contribution is 9.10. The Labute approximate surface area is 250 Å². The number of aliphatic hydroxyl groups is 1. The smallest absolute Gasteiger partial charge is 0.264 e. The van der Waals surface area contributed by atoms with Crippen LogP contribution in [0.3, 0.4) is 0 Å². The van der Waals surface area contributed by atoms with E-state index in [1.807, 2.05) is 80.7 Å². The van der Waals surface area contributed by atoms with Crippen LogP contribution in [0.5, 0.6) is 0 Å². The quantitative estimate of drug-likeness (QED) is 0.335. The lowest BCUT2D eigenvalue weighted by Crippen LogP contribution is -2.46. The van der Waals surface area contributed by atoms with Crippen LogP contribution in [0.15, 0.2) is 71.2 Å². The van der Waals surface area contributed by atoms with E-state index in [0.717, 1.165) is 44.6 Å². The van der Waals surface area contributed by atoms with Gasteiger partial charge in [0, 0.05) is 40.2 Å². The van der Waals surface area contributed by atoms with Gasteiger partial charge in [-0.25, -0.2) is 0 Å². The molecule has 3 heterocycles. The van der Waals surface area contributed by atoms with Crippen LogP contribution in [-0.4, -0.2) is 42.7 Å². The second kappa shape index (κ2) is 10.5. The highest BCUT2D eigenvalue weighted by Gasteiger charge is 2.66. The van der Waals surface area contributed by atoms with E-state index in [4.69, 9.17) is 4.74 Å². The van der Waals surface area contributed by atoms with Crippen molar-refractivity contribution in [3.8, 4) is 0 Å². The van der Waals surface area contributed by atoms with E-state index >= 15 is 0 Å². The lowest BCUT2D eigenvalue weighted by Gasteiger charge is -2.32. The van der Waals surface area contributed by atoms with Gasteiger partial charge in [0.25, 0.3) is 5.91 Å². The Morgan fingerprint density at radius 3 is 2.56 bits per heavy atom. The number of benzene rings is 3. The summed E-state index contributed by atoms with van der Waals surface area (Å²) in [5.41, 5.74) is 3.79. The van der Waals surface area contributed by atoms with Crippen molar-refractivity contribution in [2.75, 3.05) is 16.4 Å². The normalized spacial score (nSPS) is 25.7. The van der Waals surface area contributed by atoms with Gasteiger partial charge in [-0.1, -0.05) is 53.2 Å². The minimum atomic E-state index is -2.76. The highest BCUT2D eigenvalue weighted by Crippen LogP contribution is 2.60. The number of amides is 2. The van der Waals surface area contributed by atoms with Crippen molar-refractivity contribution < 1.29 is 24.2 Å². The Kier molecular flexibility index (Phi) is 7.23. The first-order chi connectivity index (χ1) is 19.6. The third kappa shape index (κ3) is 4.58. The Bertz CT molecular complexity index is 1520. The molecule has 3 aliphatic rings. The molecular formula is C32H35BrN2O5Si. The van der Waals surface area contributed by atoms with Gasteiger partial charge in [0.2, 0.25) is 5.91 Å². The topological polar surface area (TPSA) is 90.3 Å². The molecule has 1 spiro atoms. The van der Waals surface area contributed by atoms with Gasteiger partial charge in [0.05, 0.1) is 24.0 Å². The maximum absolute atomic E-state index is 14.5. The van der Waals surface area contributed by atoms with Gasteiger partial charge in [-0.2, -0.15) is 0 Å². The molecule has 0 aromatic heterocycles. The molecule has 1 saturated heterocycles. The summed E-state index contributed by atoms with van der Waals surface area (Å²) < 4.78 is 7.53. The number of aliphatic hydroxyl groups excluding tert-OH is 1. The lowest BCUT2D eigenvalue weighted by atomic mass is 9.82. The maximum Gasteiger partial charge on any atom is 0.264 e. The molecule has 2 amide bonds. The first-order valence-electron chi connectivity index (χ1n) is 14.2. The van der Waals surface area contributed by atoms with Crippen molar-refractivity contribution in [2.24, 2.45) is 5.92 Å². The van der Waals surface area contributed by atoms with Crippen LogP contribution in [0.4, 0.5) is 17.1 Å². The van der Waals surface area contributed by atoms with Gasteiger partial charge >= 0.3 is 0 Å². The summed E-state index contributed by atoms with van der Waals surface area (Å²) in [5, 5.41) is 9.82. The summed E-state index contributed by atoms with van der Waals surface area (Å²) in [4.78, 5) is 42.4. The molecule has 4 atom stereocenters. The molecule has 3 aromatic rings. The number of rotatable bonds is 6. The number of aryl methyl sites for hydroxylation is 1. The molecule has 0 bridgehead atoms. The van der Waals surface area contributed by atoms with Crippen LogP contribution in [0.25, 0.3) is 0 Å². The summed E-state index contributed by atoms with van der Waals surface area (Å²) in [5.74, 6) is -0.395. The van der Waals surface area contributed by atoms with Crippen LogP contribution in [0, 0.1) is 5.92 Å². The molecule has 3 aromatic carbocycles. The number of hydrogen-bond donors (Lipinski definition) is 2. The predicted molar refractivity (Wildman–Crippen MR) is 165 cm³/mol. The zero-order valence-electron chi connectivity index (χ0n) is 23.5. The van der Waals surface area contributed by atoms with E-state index in [1.54, 1.807) is 9.80 Å². The van der Waals surface area contributed by atoms with Crippen molar-refractivity contribution in [2.45, 2.75) is 63.1 Å². The maximum atomic E-state index is 14.5. The number of para-hydroxylation sites is 1. The number of halogens is 1. The van der Waals surface area contributed by atoms with Crippen LogP contribution >= 0.6 is 15.9 Å². The summed E-state index contributed by atoms with van der Waals surface area (Å²) in [6.07, 6.45) is 1.11. The molecule has 41 heavy (non-hydrogen) atoms. The summed E-state index contributed by atoms with van der Waals surface area (Å²) >= 11 is 3.59. The minimum absolute atomic E-state index is 0.0529. The molecule has 7 nitrogen and oxygen atoms in total. The first-order valence-corrected chi connectivity index (χ1v) is 18.0. The number of carbonyl (C=O) groups excluding carboxylic acids is 2. The molecule has 2 N–H and O–H groups in total. The number of carbonyl (C=O) groups is 2. The molecule has 0 saturated carbocycles. The fourth-order valence-corrected chi connectivity index (χ4v) is 10.3. The fraction of sp³-hybridized carbons (Fsp3) is 0.375. The van der Waals surface area contributed by atoms with Crippen molar-refractivity contribution in [1.82, 2.24) is 0 Å². The monoisotopic (exact) mass is 634 g/mol. The second-order valence-corrected chi connectivity index (χ2v) is 16.8. The minimum Gasteiger partial charge on any atom is -0.432 e. The Morgan fingerprint density at radius 2 is 1.80 bits per heavy atom.